The molecule has 188 valence electrons. The molecular formula is C24H27F3N4O4. The zero-order chi connectivity index (χ0) is 25.6. The van der Waals surface area contributed by atoms with Crippen molar-refractivity contribution in [1.82, 2.24) is 15.5 Å². The third-order valence-corrected chi connectivity index (χ3v) is 5.11. The molecule has 0 aliphatic rings. The number of halogens is 3. The second-order valence-corrected chi connectivity index (χ2v) is 8.46. The summed E-state index contributed by atoms with van der Waals surface area (Å²) in [7, 11) is 0. The maximum atomic E-state index is 12.7. The lowest BCUT2D eigenvalue weighted by atomic mass is 9.96. The zero-order valence-corrected chi connectivity index (χ0v) is 19.2. The lowest BCUT2D eigenvalue weighted by Crippen LogP contribution is -2.27. The van der Waals surface area contributed by atoms with E-state index in [0.717, 1.165) is 17.7 Å². The van der Waals surface area contributed by atoms with Crippen molar-refractivity contribution in [2.24, 2.45) is 5.92 Å². The van der Waals surface area contributed by atoms with Crippen LogP contribution in [0.1, 0.15) is 54.5 Å². The highest BCUT2D eigenvalue weighted by molar-refractivity contribution is 5.94. The summed E-state index contributed by atoms with van der Waals surface area (Å²) in [4.78, 5) is 12.2. The predicted molar refractivity (Wildman–Crippen MR) is 122 cm³/mol. The monoisotopic (exact) mass is 492 g/mol. The fourth-order valence-corrected chi connectivity index (χ4v) is 3.40. The Kier molecular flexibility index (Phi) is 8.47. The number of amides is 1. The van der Waals surface area contributed by atoms with Gasteiger partial charge in [-0.25, -0.2) is 0 Å². The van der Waals surface area contributed by atoms with Gasteiger partial charge in [-0.3, -0.25) is 4.79 Å². The molecule has 0 spiro atoms. The van der Waals surface area contributed by atoms with Crippen molar-refractivity contribution >= 4 is 11.6 Å². The molecule has 4 N–H and O–H groups in total. The first-order chi connectivity index (χ1) is 16.5. The van der Waals surface area contributed by atoms with Gasteiger partial charge in [-0.05, 0) is 54.3 Å². The number of alkyl halides is 3. The second-order valence-electron chi connectivity index (χ2n) is 8.46. The number of carbonyl (C=O) groups is 1. The van der Waals surface area contributed by atoms with Crippen molar-refractivity contribution in [3.05, 3.63) is 65.5 Å². The quantitative estimate of drug-likeness (QED) is 0.310. The highest BCUT2D eigenvalue weighted by atomic mass is 19.4. The summed E-state index contributed by atoms with van der Waals surface area (Å²) in [6.45, 7) is 4.30. The zero-order valence-electron chi connectivity index (χ0n) is 19.2. The Morgan fingerprint density at radius 1 is 1.03 bits per heavy atom. The third-order valence-electron chi connectivity index (χ3n) is 5.11. The van der Waals surface area contributed by atoms with E-state index in [2.05, 4.69) is 34.7 Å². The van der Waals surface area contributed by atoms with Gasteiger partial charge in [0, 0.05) is 29.8 Å². The van der Waals surface area contributed by atoms with E-state index in [0.29, 0.717) is 17.0 Å². The van der Waals surface area contributed by atoms with Gasteiger partial charge in [0.25, 0.3) is 5.91 Å². The molecule has 0 fully saturated rings. The van der Waals surface area contributed by atoms with Crippen molar-refractivity contribution < 1.29 is 32.6 Å². The molecule has 3 rings (SSSR count). The van der Waals surface area contributed by atoms with Crippen LogP contribution in [0.25, 0.3) is 11.5 Å². The number of aliphatic hydroxyl groups excluding tert-OH is 1. The Balaban J connectivity index is 1.70. The largest absolute Gasteiger partial charge is 0.470 e. The summed E-state index contributed by atoms with van der Waals surface area (Å²) in [6.07, 6.45) is -5.35. The molecule has 3 aromatic rings. The van der Waals surface area contributed by atoms with Crippen LogP contribution in [0.4, 0.5) is 18.9 Å². The first-order valence-corrected chi connectivity index (χ1v) is 11.0. The van der Waals surface area contributed by atoms with Gasteiger partial charge in [0.05, 0.1) is 6.04 Å². The van der Waals surface area contributed by atoms with E-state index in [1.54, 1.807) is 48.5 Å². The van der Waals surface area contributed by atoms with Gasteiger partial charge in [0.15, 0.2) is 6.29 Å². The molecule has 35 heavy (non-hydrogen) atoms. The van der Waals surface area contributed by atoms with E-state index in [-0.39, 0.29) is 30.8 Å². The number of hydrogen-bond donors (Lipinski definition) is 4. The number of aliphatic hydroxyl groups is 2. The fourth-order valence-electron chi connectivity index (χ4n) is 3.40. The predicted octanol–water partition coefficient (Wildman–Crippen LogP) is 4.39. The van der Waals surface area contributed by atoms with Gasteiger partial charge in [0.2, 0.25) is 5.89 Å². The fraction of sp³-hybridized carbons (Fsp3) is 0.375. The normalized spacial score (nSPS) is 12.7. The number of rotatable bonds is 10. The van der Waals surface area contributed by atoms with E-state index in [9.17, 15) is 18.0 Å². The minimum absolute atomic E-state index is 0.0387. The number of carbonyl (C=O) groups excluding carboxylic acids is 1. The Hall–Kier alpha value is -3.44. The molecule has 0 saturated carbocycles. The van der Waals surface area contributed by atoms with Gasteiger partial charge in [-0.2, -0.15) is 13.2 Å². The first kappa shape index (κ1) is 26.2. The standard InChI is InChI=1S/C24H27F3N4O4/c1-14(2)13-19(29-18-9-7-16(8-10-18)21(34)28-12-11-20(32)33)15-3-5-17(6-4-15)22-30-31-23(35-22)24(25,26)27/h3-10,14,19-20,29,32-33H,11-13H2,1-2H3,(H,28,34). The number of benzene rings is 2. The molecule has 0 radical (unpaired) electrons. The molecule has 1 atom stereocenters. The lowest BCUT2D eigenvalue weighted by Gasteiger charge is -2.22. The van der Waals surface area contributed by atoms with Crippen LogP contribution in [0.3, 0.4) is 0 Å². The Morgan fingerprint density at radius 2 is 1.69 bits per heavy atom. The lowest BCUT2D eigenvalue weighted by molar-refractivity contribution is -0.156. The molecule has 2 aromatic carbocycles. The number of hydrogen-bond acceptors (Lipinski definition) is 7. The van der Waals surface area contributed by atoms with Crippen LogP contribution < -0.4 is 10.6 Å². The van der Waals surface area contributed by atoms with E-state index < -0.39 is 18.4 Å². The molecule has 0 aliphatic heterocycles. The average molecular weight is 492 g/mol. The number of nitrogens with zero attached hydrogens (tertiary/aromatic N) is 2. The van der Waals surface area contributed by atoms with Crippen LogP contribution in [0.2, 0.25) is 0 Å². The van der Waals surface area contributed by atoms with Crippen LogP contribution in [-0.2, 0) is 6.18 Å². The molecule has 8 nitrogen and oxygen atoms in total. The summed E-state index contributed by atoms with van der Waals surface area (Å²) in [5, 5.41) is 30.3. The van der Waals surface area contributed by atoms with Gasteiger partial charge < -0.3 is 25.3 Å². The molecule has 1 aromatic heterocycles. The van der Waals surface area contributed by atoms with Crippen molar-refractivity contribution in [2.75, 3.05) is 11.9 Å². The van der Waals surface area contributed by atoms with Crippen LogP contribution in [-0.4, -0.2) is 39.2 Å². The SMILES string of the molecule is CC(C)CC(Nc1ccc(C(=O)NCCC(O)O)cc1)c1ccc(-c2nnc(C(F)(F)F)o2)cc1. The van der Waals surface area contributed by atoms with Crippen molar-refractivity contribution in [1.29, 1.82) is 0 Å². The van der Waals surface area contributed by atoms with E-state index in [1.807, 2.05) is 0 Å². The maximum Gasteiger partial charge on any atom is 0.470 e. The Labute approximate surface area is 200 Å². The summed E-state index contributed by atoms with van der Waals surface area (Å²) in [5.74, 6) is -1.57. The van der Waals surface area contributed by atoms with Gasteiger partial charge in [-0.15, -0.1) is 10.2 Å². The number of nitrogens with one attached hydrogen (secondary N) is 2. The number of aromatic nitrogens is 2. The highest BCUT2D eigenvalue weighted by Gasteiger charge is 2.38. The van der Waals surface area contributed by atoms with E-state index >= 15 is 0 Å². The molecule has 0 bridgehead atoms. The molecule has 1 heterocycles. The Bertz CT molecular complexity index is 1100. The third kappa shape index (κ3) is 7.52. The van der Waals surface area contributed by atoms with Crippen LogP contribution in [0, 0.1) is 5.92 Å². The molecular weight excluding hydrogens is 465 g/mol. The maximum absolute atomic E-state index is 12.7. The van der Waals surface area contributed by atoms with E-state index in [4.69, 9.17) is 14.6 Å². The molecule has 1 unspecified atom stereocenters. The minimum Gasteiger partial charge on any atom is -0.413 e. The van der Waals surface area contributed by atoms with E-state index in [1.165, 1.54) is 0 Å². The van der Waals surface area contributed by atoms with Crippen LogP contribution in [0.15, 0.2) is 52.9 Å². The second kappa shape index (κ2) is 11.3. The number of anilines is 1. The van der Waals surface area contributed by atoms with Crippen molar-refractivity contribution in [3.63, 3.8) is 0 Å². The van der Waals surface area contributed by atoms with Gasteiger partial charge >= 0.3 is 12.1 Å². The van der Waals surface area contributed by atoms with Gasteiger partial charge in [0.1, 0.15) is 0 Å². The van der Waals surface area contributed by atoms with Crippen molar-refractivity contribution in [2.45, 2.75) is 45.2 Å². The molecule has 11 heteroatoms. The first-order valence-electron chi connectivity index (χ1n) is 11.0. The van der Waals surface area contributed by atoms with Crippen LogP contribution >= 0.6 is 0 Å². The topological polar surface area (TPSA) is 121 Å². The molecule has 1 amide bonds. The highest BCUT2D eigenvalue weighted by Crippen LogP contribution is 2.32. The Morgan fingerprint density at radius 3 is 2.23 bits per heavy atom. The smallest absolute Gasteiger partial charge is 0.413 e. The van der Waals surface area contributed by atoms with Gasteiger partial charge in [-0.1, -0.05) is 26.0 Å². The van der Waals surface area contributed by atoms with Crippen molar-refractivity contribution in [3.8, 4) is 11.5 Å². The van der Waals surface area contributed by atoms with Crippen LogP contribution in [0.5, 0.6) is 0 Å². The molecule has 0 aliphatic carbocycles. The summed E-state index contributed by atoms with van der Waals surface area (Å²) in [5.41, 5.74) is 2.52. The summed E-state index contributed by atoms with van der Waals surface area (Å²) in [6, 6.07) is 13.6. The minimum atomic E-state index is -4.70. The average Bonchev–Trinajstić information content (AvgIpc) is 3.30. The molecule has 0 saturated heterocycles. The summed E-state index contributed by atoms with van der Waals surface area (Å²) >= 11 is 0. The summed E-state index contributed by atoms with van der Waals surface area (Å²) < 4.78 is 42.9.